The summed E-state index contributed by atoms with van der Waals surface area (Å²) in [6.45, 7) is 10.6. The summed E-state index contributed by atoms with van der Waals surface area (Å²) in [7, 11) is 3.46. The predicted molar refractivity (Wildman–Crippen MR) is 158 cm³/mol. The van der Waals surface area contributed by atoms with Gasteiger partial charge in [0.1, 0.15) is 16.9 Å². The minimum atomic E-state index is -4.68. The third kappa shape index (κ3) is 8.65. The molecule has 0 atom stereocenters. The second-order valence-corrected chi connectivity index (χ2v) is 10.8. The van der Waals surface area contributed by atoms with E-state index in [2.05, 4.69) is 20.0 Å². The van der Waals surface area contributed by atoms with E-state index in [-0.39, 0.29) is 34.4 Å². The summed E-state index contributed by atoms with van der Waals surface area (Å²) in [5.74, 6) is -0.251. The van der Waals surface area contributed by atoms with Crippen LogP contribution in [0.25, 0.3) is 33.3 Å². The van der Waals surface area contributed by atoms with Crippen LogP contribution in [0.15, 0.2) is 41.4 Å². The molecule has 0 amide bonds. The number of hydrogen-bond donors (Lipinski definition) is 1. The van der Waals surface area contributed by atoms with Gasteiger partial charge in [0.25, 0.3) is 6.47 Å². The van der Waals surface area contributed by atoms with Gasteiger partial charge in [0.2, 0.25) is 6.41 Å². The molecule has 8 nitrogen and oxygen atoms in total. The van der Waals surface area contributed by atoms with Crippen molar-refractivity contribution in [1.29, 1.82) is 0 Å². The Bertz CT molecular complexity index is 1520. The first-order valence-corrected chi connectivity index (χ1v) is 13.8. The topological polar surface area (TPSA) is 95.3 Å². The second-order valence-electron chi connectivity index (χ2n) is 9.52. The van der Waals surface area contributed by atoms with Gasteiger partial charge in [-0.25, -0.2) is 9.37 Å². The van der Waals surface area contributed by atoms with Crippen LogP contribution < -0.4 is 5.32 Å². The van der Waals surface area contributed by atoms with Crippen molar-refractivity contribution in [3.8, 4) is 11.4 Å². The van der Waals surface area contributed by atoms with E-state index in [1.807, 2.05) is 45.9 Å². The lowest BCUT2D eigenvalue weighted by Crippen LogP contribution is -2.15. The molecule has 0 fully saturated rings. The molecule has 13 heteroatoms. The average Bonchev–Trinajstić information content (AvgIpc) is 3.23. The van der Waals surface area contributed by atoms with Crippen LogP contribution in [0.4, 0.5) is 23.2 Å². The average molecular weight is 611 g/mol. The van der Waals surface area contributed by atoms with Crippen molar-refractivity contribution in [3.63, 3.8) is 0 Å². The molecule has 228 valence electrons. The molecule has 4 aromatic rings. The van der Waals surface area contributed by atoms with Gasteiger partial charge in [-0.2, -0.15) is 13.2 Å². The van der Waals surface area contributed by atoms with Gasteiger partial charge < -0.3 is 14.8 Å². The van der Waals surface area contributed by atoms with Crippen LogP contribution in [-0.4, -0.2) is 59.5 Å². The zero-order valence-electron chi connectivity index (χ0n) is 24.4. The Balaban J connectivity index is 0.000000478. The van der Waals surface area contributed by atoms with Gasteiger partial charge in [-0.05, 0) is 57.7 Å². The fourth-order valence-corrected chi connectivity index (χ4v) is 4.23. The molecule has 0 aliphatic rings. The number of nitrogens with zero attached hydrogens (tertiary/aromatic N) is 3. The first-order chi connectivity index (χ1) is 19.8. The number of methoxy groups -OCH3 is 1. The minimum absolute atomic E-state index is 0.0417. The van der Waals surface area contributed by atoms with Crippen molar-refractivity contribution >= 4 is 52.3 Å². The first kappa shape index (κ1) is 34.5. The van der Waals surface area contributed by atoms with Gasteiger partial charge in [0.15, 0.2) is 5.82 Å². The molecule has 1 aromatic carbocycles. The van der Waals surface area contributed by atoms with Gasteiger partial charge in [-0.1, -0.05) is 13.0 Å². The first-order valence-electron chi connectivity index (χ1n) is 12.8. The van der Waals surface area contributed by atoms with Crippen LogP contribution in [0.2, 0.25) is 0 Å². The standard InChI is InChI=1S/C21H16F4N4OS.C5H12O.C3H6O2/c1-3-31-16-6-11-4-5-13(26-2)8-14(11)28-19(16)20-17(22)18-15(29(20)10-30)7-12(9-27-18)21(23,24)25;1-5(2,3)6-4;1-2-5-3-4/h4-10,26H,3H2,1-2H3;1-4H3;3H,2H2,1H3. The number of ether oxygens (including phenoxy) is 2. The Kier molecular flexibility index (Phi) is 12.3. The van der Waals surface area contributed by atoms with Crippen molar-refractivity contribution in [2.24, 2.45) is 0 Å². The summed E-state index contributed by atoms with van der Waals surface area (Å²) in [5.41, 5.74) is -0.333. The second kappa shape index (κ2) is 15.0. The lowest BCUT2D eigenvalue weighted by Gasteiger charge is -2.14. The van der Waals surface area contributed by atoms with Crippen molar-refractivity contribution in [2.45, 2.75) is 51.3 Å². The molecule has 4 rings (SSSR count). The molecule has 0 saturated heterocycles. The van der Waals surface area contributed by atoms with E-state index >= 15 is 4.39 Å². The Morgan fingerprint density at radius 3 is 2.24 bits per heavy atom. The molecule has 1 N–H and O–H groups in total. The van der Waals surface area contributed by atoms with E-state index < -0.39 is 17.6 Å². The summed E-state index contributed by atoms with van der Waals surface area (Å²) in [5, 5.41) is 3.81. The summed E-state index contributed by atoms with van der Waals surface area (Å²) in [4.78, 5) is 29.9. The maximum Gasteiger partial charge on any atom is 0.417 e. The number of hydrogen-bond acceptors (Lipinski definition) is 8. The molecule has 0 aliphatic carbocycles. The third-order valence-corrected chi connectivity index (χ3v) is 6.57. The van der Waals surface area contributed by atoms with Crippen molar-refractivity contribution in [2.75, 3.05) is 31.8 Å². The molecule has 42 heavy (non-hydrogen) atoms. The number of pyridine rings is 2. The van der Waals surface area contributed by atoms with Crippen molar-refractivity contribution < 1.29 is 36.6 Å². The number of carbonyl (C=O) groups is 2. The maximum absolute atomic E-state index is 15.4. The predicted octanol–water partition coefficient (Wildman–Crippen LogP) is 7.21. The highest BCUT2D eigenvalue weighted by molar-refractivity contribution is 7.99. The highest BCUT2D eigenvalue weighted by atomic mass is 32.2. The highest BCUT2D eigenvalue weighted by Gasteiger charge is 2.33. The zero-order chi connectivity index (χ0) is 31.7. The van der Waals surface area contributed by atoms with Gasteiger partial charge in [-0.3, -0.25) is 19.1 Å². The van der Waals surface area contributed by atoms with Crippen LogP contribution in [0, 0.1) is 5.82 Å². The number of fused-ring (bicyclic) bond motifs is 2. The number of carbonyl (C=O) groups excluding carboxylic acids is 2. The number of aromatic nitrogens is 3. The lowest BCUT2D eigenvalue weighted by molar-refractivity contribution is -0.137. The number of benzene rings is 1. The quantitative estimate of drug-likeness (QED) is 0.133. The zero-order valence-corrected chi connectivity index (χ0v) is 25.2. The maximum atomic E-state index is 15.4. The number of thioether (sulfide) groups is 1. The summed E-state index contributed by atoms with van der Waals surface area (Å²) >= 11 is 1.39. The highest BCUT2D eigenvalue weighted by Crippen LogP contribution is 2.39. The van der Waals surface area contributed by atoms with Crippen LogP contribution in [-0.2, 0) is 25.2 Å². The number of rotatable bonds is 7. The number of alkyl halides is 3. The van der Waals surface area contributed by atoms with Crippen LogP contribution >= 0.6 is 11.8 Å². The van der Waals surface area contributed by atoms with Gasteiger partial charge in [0, 0.05) is 36.3 Å². The Morgan fingerprint density at radius 1 is 1.10 bits per heavy atom. The molecule has 3 heterocycles. The van der Waals surface area contributed by atoms with E-state index in [1.54, 1.807) is 27.1 Å². The van der Waals surface area contributed by atoms with Crippen LogP contribution in [0.5, 0.6) is 0 Å². The van der Waals surface area contributed by atoms with E-state index in [9.17, 15) is 22.8 Å². The summed E-state index contributed by atoms with van der Waals surface area (Å²) in [6, 6.07) is 8.05. The van der Waals surface area contributed by atoms with Gasteiger partial charge in [-0.15, -0.1) is 11.8 Å². The molecule has 0 aliphatic heterocycles. The molecule has 0 saturated carbocycles. The van der Waals surface area contributed by atoms with Gasteiger partial charge in [0.05, 0.1) is 28.8 Å². The summed E-state index contributed by atoms with van der Waals surface area (Å²) < 4.78 is 64.7. The lowest BCUT2D eigenvalue weighted by atomic mass is 10.1. The fourth-order valence-electron chi connectivity index (χ4n) is 3.43. The van der Waals surface area contributed by atoms with E-state index in [0.717, 1.165) is 21.7 Å². The van der Waals surface area contributed by atoms with E-state index in [0.29, 0.717) is 35.4 Å². The molecule has 0 bridgehead atoms. The van der Waals surface area contributed by atoms with Crippen LogP contribution in [0.1, 0.15) is 40.2 Å². The molecule has 3 aromatic heterocycles. The third-order valence-electron chi connectivity index (χ3n) is 5.66. The molecule has 0 radical (unpaired) electrons. The monoisotopic (exact) mass is 610 g/mol. The number of anilines is 1. The Hall–Kier alpha value is -3.71. The number of halogens is 4. The SMILES string of the molecule is CCOC=O.CCSc1cc2ccc(NC)cc2nc1-c1c(F)c2ncc(C(F)(F)F)cc2n1C=O.COC(C)(C)C. The molecule has 0 spiro atoms. The molecule has 0 unspecified atom stereocenters. The largest absolute Gasteiger partial charge is 0.468 e. The van der Waals surface area contributed by atoms with Crippen molar-refractivity contribution in [3.05, 3.63) is 47.9 Å². The normalized spacial score (nSPS) is 11.3. The molecular formula is C29H34F4N4O4S. The molecular weight excluding hydrogens is 576 g/mol. The smallest absolute Gasteiger partial charge is 0.417 e. The summed E-state index contributed by atoms with van der Waals surface area (Å²) in [6.07, 6.45) is -3.85. The van der Waals surface area contributed by atoms with E-state index in [1.165, 1.54) is 11.8 Å². The van der Waals surface area contributed by atoms with E-state index in [4.69, 9.17) is 4.74 Å². The Labute approximate surface area is 245 Å². The van der Waals surface area contributed by atoms with Gasteiger partial charge >= 0.3 is 6.18 Å². The Morgan fingerprint density at radius 2 is 1.76 bits per heavy atom. The van der Waals surface area contributed by atoms with Crippen molar-refractivity contribution in [1.82, 2.24) is 14.5 Å². The minimum Gasteiger partial charge on any atom is -0.468 e. The fraction of sp³-hybridized carbons (Fsp3) is 0.379. The van der Waals surface area contributed by atoms with Crippen LogP contribution in [0.3, 0.4) is 0 Å². The number of nitrogens with one attached hydrogen (secondary N) is 1.